The molecule has 0 aromatic carbocycles. The van der Waals surface area contributed by atoms with Crippen LogP contribution >= 0.6 is 0 Å². The van der Waals surface area contributed by atoms with Crippen LogP contribution < -0.4 is 5.32 Å². The molecule has 0 fully saturated rings. The summed E-state index contributed by atoms with van der Waals surface area (Å²) in [5.74, 6) is -0.156. The van der Waals surface area contributed by atoms with Crippen LogP contribution in [0.2, 0.25) is 0 Å². The number of aliphatic hydroxyl groups is 1. The molecule has 0 radical (unpaired) electrons. The molecule has 1 heterocycles. The molecule has 0 unspecified atom stereocenters. The summed E-state index contributed by atoms with van der Waals surface area (Å²) in [6.45, 7) is 0.0952. The normalized spacial score (nSPS) is 21.6. The Hall–Kier alpha value is -2.19. The first-order chi connectivity index (χ1) is 8.72. The van der Waals surface area contributed by atoms with Crippen molar-refractivity contribution in [3.05, 3.63) is 41.7 Å². The van der Waals surface area contributed by atoms with E-state index in [-0.39, 0.29) is 30.2 Å². The molecule has 1 aromatic rings. The van der Waals surface area contributed by atoms with E-state index in [0.717, 1.165) is 0 Å². The fourth-order valence-electron chi connectivity index (χ4n) is 1.85. The maximum atomic E-state index is 11.8. The number of aliphatic hydroxyl groups excluding tert-OH is 1. The SMILES string of the molecule is N#Cc1ccc(C(=O)N[C@@H]2C=C[C@H](CO)C2)nc1. The van der Waals surface area contributed by atoms with Gasteiger partial charge in [-0.25, -0.2) is 4.98 Å². The molecule has 5 nitrogen and oxygen atoms in total. The van der Waals surface area contributed by atoms with Gasteiger partial charge >= 0.3 is 0 Å². The van der Waals surface area contributed by atoms with Crippen molar-refractivity contribution in [2.75, 3.05) is 6.61 Å². The maximum absolute atomic E-state index is 11.8. The van der Waals surface area contributed by atoms with Crippen molar-refractivity contribution in [2.24, 2.45) is 5.92 Å². The lowest BCUT2D eigenvalue weighted by Gasteiger charge is -2.12. The van der Waals surface area contributed by atoms with Crippen LogP contribution in [0.1, 0.15) is 22.5 Å². The fourth-order valence-corrected chi connectivity index (χ4v) is 1.85. The number of hydrogen-bond donors (Lipinski definition) is 2. The largest absolute Gasteiger partial charge is 0.396 e. The number of nitriles is 1. The molecular formula is C13H13N3O2. The number of nitrogens with one attached hydrogen (secondary N) is 1. The zero-order chi connectivity index (χ0) is 13.0. The van der Waals surface area contributed by atoms with Crippen LogP contribution in [0.15, 0.2) is 30.5 Å². The second-order valence-electron chi connectivity index (χ2n) is 4.19. The number of nitrogens with zero attached hydrogens (tertiary/aromatic N) is 2. The number of pyridine rings is 1. The Kier molecular flexibility index (Phi) is 3.70. The van der Waals surface area contributed by atoms with Gasteiger partial charge in [0.2, 0.25) is 0 Å². The molecule has 1 aromatic heterocycles. The van der Waals surface area contributed by atoms with Gasteiger partial charge in [0.15, 0.2) is 0 Å². The molecule has 18 heavy (non-hydrogen) atoms. The molecule has 0 spiro atoms. The van der Waals surface area contributed by atoms with Gasteiger partial charge in [-0.15, -0.1) is 0 Å². The second-order valence-corrected chi connectivity index (χ2v) is 4.19. The molecule has 92 valence electrons. The van der Waals surface area contributed by atoms with Crippen molar-refractivity contribution >= 4 is 5.91 Å². The zero-order valence-corrected chi connectivity index (χ0v) is 9.71. The third-order valence-corrected chi connectivity index (χ3v) is 2.85. The topological polar surface area (TPSA) is 86.0 Å². The highest BCUT2D eigenvalue weighted by Gasteiger charge is 2.20. The molecular weight excluding hydrogens is 230 g/mol. The number of rotatable bonds is 3. The average molecular weight is 243 g/mol. The smallest absolute Gasteiger partial charge is 0.270 e. The number of carbonyl (C=O) groups excluding carboxylic acids is 1. The van der Waals surface area contributed by atoms with Gasteiger partial charge in [-0.1, -0.05) is 12.2 Å². The van der Waals surface area contributed by atoms with Crippen molar-refractivity contribution in [1.29, 1.82) is 5.26 Å². The first-order valence-corrected chi connectivity index (χ1v) is 5.69. The van der Waals surface area contributed by atoms with E-state index in [4.69, 9.17) is 10.4 Å². The van der Waals surface area contributed by atoms with Crippen molar-refractivity contribution in [3.63, 3.8) is 0 Å². The van der Waals surface area contributed by atoms with Crippen LogP contribution in [0.4, 0.5) is 0 Å². The molecule has 2 rings (SSSR count). The van der Waals surface area contributed by atoms with E-state index in [1.807, 2.05) is 18.2 Å². The van der Waals surface area contributed by atoms with Crippen molar-refractivity contribution < 1.29 is 9.90 Å². The average Bonchev–Trinajstić information content (AvgIpc) is 2.86. The summed E-state index contributed by atoms with van der Waals surface area (Å²) >= 11 is 0. The maximum Gasteiger partial charge on any atom is 0.270 e. The Morgan fingerprint density at radius 2 is 2.39 bits per heavy atom. The van der Waals surface area contributed by atoms with Gasteiger partial charge in [0.25, 0.3) is 5.91 Å². The minimum absolute atomic E-state index is 0.0629. The lowest BCUT2D eigenvalue weighted by Crippen LogP contribution is -2.33. The lowest BCUT2D eigenvalue weighted by atomic mass is 10.1. The van der Waals surface area contributed by atoms with Gasteiger partial charge in [0.05, 0.1) is 5.56 Å². The molecule has 0 bridgehead atoms. The van der Waals surface area contributed by atoms with Crippen LogP contribution in [0.25, 0.3) is 0 Å². The lowest BCUT2D eigenvalue weighted by molar-refractivity contribution is 0.0936. The monoisotopic (exact) mass is 243 g/mol. The fraction of sp³-hybridized carbons (Fsp3) is 0.308. The van der Waals surface area contributed by atoms with E-state index in [0.29, 0.717) is 12.0 Å². The summed E-state index contributed by atoms with van der Waals surface area (Å²) in [6.07, 6.45) is 5.86. The van der Waals surface area contributed by atoms with Crippen molar-refractivity contribution in [2.45, 2.75) is 12.5 Å². The van der Waals surface area contributed by atoms with Crippen molar-refractivity contribution in [3.8, 4) is 6.07 Å². The summed E-state index contributed by atoms with van der Waals surface area (Å²) < 4.78 is 0. The Bertz CT molecular complexity index is 502. The highest BCUT2D eigenvalue weighted by Crippen LogP contribution is 2.17. The number of carbonyl (C=O) groups is 1. The Labute approximate surface area is 105 Å². The summed E-state index contributed by atoms with van der Waals surface area (Å²) in [6, 6.07) is 4.97. The van der Waals surface area contributed by atoms with Crippen LogP contribution in [-0.4, -0.2) is 28.6 Å². The van der Waals surface area contributed by atoms with Gasteiger partial charge in [-0.3, -0.25) is 4.79 Å². The van der Waals surface area contributed by atoms with E-state index >= 15 is 0 Å². The molecule has 1 aliphatic carbocycles. The zero-order valence-electron chi connectivity index (χ0n) is 9.71. The van der Waals surface area contributed by atoms with Gasteiger partial charge in [0, 0.05) is 24.8 Å². The molecule has 0 saturated carbocycles. The molecule has 2 N–H and O–H groups in total. The summed E-state index contributed by atoms with van der Waals surface area (Å²) in [5, 5.41) is 20.4. The number of hydrogen-bond acceptors (Lipinski definition) is 4. The van der Waals surface area contributed by atoms with Crippen LogP contribution in [0, 0.1) is 17.2 Å². The molecule has 0 saturated heterocycles. The molecule has 2 atom stereocenters. The summed E-state index contributed by atoms with van der Waals surface area (Å²) in [4.78, 5) is 15.8. The van der Waals surface area contributed by atoms with Crippen LogP contribution in [0.5, 0.6) is 0 Å². The van der Waals surface area contributed by atoms with E-state index < -0.39 is 0 Å². The first kappa shape index (κ1) is 12.3. The van der Waals surface area contributed by atoms with Crippen LogP contribution in [0.3, 0.4) is 0 Å². The van der Waals surface area contributed by atoms with Gasteiger partial charge < -0.3 is 10.4 Å². The van der Waals surface area contributed by atoms with Crippen molar-refractivity contribution in [1.82, 2.24) is 10.3 Å². The van der Waals surface area contributed by atoms with Gasteiger partial charge in [-0.05, 0) is 18.6 Å². The van der Waals surface area contributed by atoms with Gasteiger partial charge in [0.1, 0.15) is 11.8 Å². The second kappa shape index (κ2) is 5.43. The van der Waals surface area contributed by atoms with E-state index in [9.17, 15) is 4.79 Å². The highest BCUT2D eigenvalue weighted by molar-refractivity contribution is 5.92. The van der Waals surface area contributed by atoms with E-state index in [1.165, 1.54) is 12.3 Å². The minimum atomic E-state index is -0.271. The van der Waals surface area contributed by atoms with Crippen LogP contribution in [-0.2, 0) is 0 Å². The quantitative estimate of drug-likeness (QED) is 0.762. The summed E-state index contributed by atoms with van der Waals surface area (Å²) in [7, 11) is 0. The molecule has 1 aliphatic rings. The predicted octanol–water partition coefficient (Wildman–Crippen LogP) is 0.620. The number of amides is 1. The Balaban J connectivity index is 1.96. The van der Waals surface area contributed by atoms with Gasteiger partial charge in [-0.2, -0.15) is 5.26 Å². The molecule has 0 aliphatic heterocycles. The number of aromatic nitrogens is 1. The summed E-state index contributed by atoms with van der Waals surface area (Å²) in [5.41, 5.74) is 0.711. The van der Waals surface area contributed by atoms with E-state index in [2.05, 4.69) is 10.3 Å². The van der Waals surface area contributed by atoms with E-state index in [1.54, 1.807) is 6.07 Å². The third-order valence-electron chi connectivity index (χ3n) is 2.85. The standard InChI is InChI=1S/C13H13N3O2/c14-6-10-2-4-12(15-7-10)13(18)16-11-3-1-9(5-11)8-17/h1-4,7,9,11,17H,5,8H2,(H,16,18)/t9-,11+/m0/s1. The first-order valence-electron chi connectivity index (χ1n) is 5.69. The molecule has 1 amide bonds. The minimum Gasteiger partial charge on any atom is -0.396 e. The third kappa shape index (κ3) is 2.73. The Morgan fingerprint density at radius 1 is 1.56 bits per heavy atom. The Morgan fingerprint density at radius 3 is 2.94 bits per heavy atom. The predicted molar refractivity (Wildman–Crippen MR) is 64.5 cm³/mol. The molecule has 5 heteroatoms. The highest BCUT2D eigenvalue weighted by atomic mass is 16.3.